The number of amides is 3. The zero-order chi connectivity index (χ0) is 14.3. The van der Waals surface area contributed by atoms with Crippen LogP contribution in [-0.2, 0) is 16.1 Å². The van der Waals surface area contributed by atoms with Gasteiger partial charge in [-0.1, -0.05) is 0 Å². The van der Waals surface area contributed by atoms with E-state index in [1.54, 1.807) is 0 Å². The minimum absolute atomic E-state index is 0.205. The summed E-state index contributed by atoms with van der Waals surface area (Å²) in [5.41, 5.74) is 5.33. The Morgan fingerprint density at radius 3 is 2.79 bits per heavy atom. The van der Waals surface area contributed by atoms with E-state index in [2.05, 4.69) is 15.7 Å². The van der Waals surface area contributed by atoms with E-state index in [1.165, 1.54) is 17.1 Å². The third kappa shape index (κ3) is 6.05. The number of hydrogen-bond donors (Lipinski definition) is 4. The Morgan fingerprint density at radius 2 is 2.16 bits per heavy atom. The van der Waals surface area contributed by atoms with Gasteiger partial charge in [-0.2, -0.15) is 5.10 Å². The molecule has 0 saturated heterocycles. The molecule has 0 atom stereocenters. The highest BCUT2D eigenvalue weighted by atomic mass is 16.4. The molecule has 0 aromatic carbocycles. The maximum absolute atomic E-state index is 11.4. The Labute approximate surface area is 108 Å². The largest absolute Gasteiger partial charge is 0.480 e. The van der Waals surface area contributed by atoms with Gasteiger partial charge in [0.2, 0.25) is 5.91 Å². The lowest BCUT2D eigenvalue weighted by molar-refractivity contribution is -0.137. The minimum Gasteiger partial charge on any atom is -0.480 e. The number of aliphatic carboxylic acids is 1. The van der Waals surface area contributed by atoms with Gasteiger partial charge in [-0.15, -0.1) is 0 Å². The number of carbonyl (C=O) groups is 3. The Bertz CT molecular complexity index is 470. The van der Waals surface area contributed by atoms with E-state index >= 15 is 0 Å². The number of carboxylic acid groups (broad SMARTS) is 1. The van der Waals surface area contributed by atoms with Crippen molar-refractivity contribution in [3.8, 4) is 0 Å². The van der Waals surface area contributed by atoms with Crippen molar-refractivity contribution in [3.63, 3.8) is 0 Å². The molecule has 1 rings (SSSR count). The molecule has 0 fully saturated rings. The predicted octanol–water partition coefficient (Wildman–Crippen LogP) is -0.645. The second kappa shape index (κ2) is 6.99. The number of nitrogens with zero attached hydrogens (tertiary/aromatic N) is 2. The van der Waals surface area contributed by atoms with Crippen LogP contribution in [0, 0.1) is 0 Å². The number of aromatic nitrogens is 2. The van der Waals surface area contributed by atoms with Gasteiger partial charge >= 0.3 is 12.0 Å². The summed E-state index contributed by atoms with van der Waals surface area (Å²) < 4.78 is 1.19. The van der Waals surface area contributed by atoms with E-state index in [9.17, 15) is 14.4 Å². The molecule has 19 heavy (non-hydrogen) atoms. The predicted molar refractivity (Wildman–Crippen MR) is 65.3 cm³/mol. The summed E-state index contributed by atoms with van der Waals surface area (Å²) in [7, 11) is 0. The van der Waals surface area contributed by atoms with Crippen LogP contribution in [0.5, 0.6) is 0 Å². The van der Waals surface area contributed by atoms with Crippen LogP contribution in [0.3, 0.4) is 0 Å². The fraction of sp³-hybridized carbons (Fsp3) is 0.400. The normalized spacial score (nSPS) is 9.89. The van der Waals surface area contributed by atoms with Gasteiger partial charge in [0.05, 0.1) is 11.9 Å². The first-order chi connectivity index (χ1) is 8.97. The van der Waals surface area contributed by atoms with E-state index < -0.39 is 17.9 Å². The lowest BCUT2D eigenvalue weighted by Crippen LogP contribution is -2.30. The van der Waals surface area contributed by atoms with Gasteiger partial charge in [-0.05, 0) is 6.42 Å². The molecule has 0 aliphatic rings. The summed E-state index contributed by atoms with van der Waals surface area (Å²) in [6.45, 7) is 0.0416. The Kier molecular flexibility index (Phi) is 5.33. The number of carbonyl (C=O) groups excluding carboxylic acids is 2. The first-order valence-electron chi connectivity index (χ1n) is 5.55. The van der Waals surface area contributed by atoms with Crippen molar-refractivity contribution in [2.45, 2.75) is 19.4 Å². The number of carboxylic acids is 1. The Hall–Kier alpha value is -2.58. The minimum atomic E-state index is -1.02. The molecule has 0 aliphatic heterocycles. The zero-order valence-corrected chi connectivity index (χ0v) is 10.1. The fourth-order valence-corrected chi connectivity index (χ4v) is 1.29. The zero-order valence-electron chi connectivity index (χ0n) is 10.1. The van der Waals surface area contributed by atoms with Crippen molar-refractivity contribution in [2.24, 2.45) is 5.73 Å². The number of urea groups is 1. The first kappa shape index (κ1) is 14.5. The van der Waals surface area contributed by atoms with Gasteiger partial charge in [-0.3, -0.25) is 14.3 Å². The maximum atomic E-state index is 11.4. The van der Waals surface area contributed by atoms with Gasteiger partial charge in [-0.25, -0.2) is 4.79 Å². The number of hydrogen-bond acceptors (Lipinski definition) is 4. The average Bonchev–Trinajstić information content (AvgIpc) is 2.70. The molecule has 3 amide bonds. The molecule has 0 saturated carbocycles. The molecule has 9 heteroatoms. The van der Waals surface area contributed by atoms with Crippen molar-refractivity contribution in [2.75, 3.05) is 11.9 Å². The highest BCUT2D eigenvalue weighted by Crippen LogP contribution is 2.04. The maximum Gasteiger partial charge on any atom is 0.325 e. The second-order valence-electron chi connectivity index (χ2n) is 3.77. The molecule has 9 nitrogen and oxygen atoms in total. The van der Waals surface area contributed by atoms with Gasteiger partial charge in [0.15, 0.2) is 0 Å². The van der Waals surface area contributed by atoms with Crippen LogP contribution >= 0.6 is 0 Å². The molecule has 0 radical (unpaired) electrons. The highest BCUT2D eigenvalue weighted by Gasteiger charge is 2.05. The molecular weight excluding hydrogens is 254 g/mol. The number of nitrogens with two attached hydrogens (primary N) is 1. The second-order valence-corrected chi connectivity index (χ2v) is 3.77. The number of primary amides is 1. The van der Waals surface area contributed by atoms with Crippen molar-refractivity contribution in [3.05, 3.63) is 12.4 Å². The fourth-order valence-electron chi connectivity index (χ4n) is 1.29. The molecule has 0 bridgehead atoms. The standard InChI is InChI=1S/C10H15N5O4/c11-8(16)2-1-3-12-10(19)14-7-4-13-15(5-7)6-9(17)18/h4-5H,1-3,6H2,(H2,11,16)(H,17,18)(H2,12,14,19). The van der Waals surface area contributed by atoms with Crippen molar-refractivity contribution in [1.29, 1.82) is 0 Å². The summed E-state index contributed by atoms with van der Waals surface area (Å²) in [4.78, 5) is 32.3. The summed E-state index contributed by atoms with van der Waals surface area (Å²) >= 11 is 0. The molecule has 0 spiro atoms. The smallest absolute Gasteiger partial charge is 0.325 e. The van der Waals surface area contributed by atoms with Crippen LogP contribution in [-0.4, -0.2) is 39.3 Å². The summed E-state index contributed by atoms with van der Waals surface area (Å²) in [5, 5.41) is 17.3. The topological polar surface area (TPSA) is 139 Å². The summed E-state index contributed by atoms with van der Waals surface area (Å²) in [5.74, 6) is -1.44. The summed E-state index contributed by atoms with van der Waals surface area (Å²) in [6, 6.07) is -0.459. The van der Waals surface area contributed by atoms with Crippen molar-refractivity contribution >= 4 is 23.6 Å². The molecule has 1 aromatic rings. The quantitative estimate of drug-likeness (QED) is 0.487. The third-order valence-corrected chi connectivity index (χ3v) is 2.07. The van der Waals surface area contributed by atoms with Crippen LogP contribution in [0.1, 0.15) is 12.8 Å². The number of nitrogens with one attached hydrogen (secondary N) is 2. The van der Waals surface area contributed by atoms with E-state index in [1.807, 2.05) is 0 Å². The highest BCUT2D eigenvalue weighted by molar-refractivity contribution is 5.88. The molecule has 1 aromatic heterocycles. The number of anilines is 1. The van der Waals surface area contributed by atoms with E-state index in [0.717, 1.165) is 0 Å². The first-order valence-corrected chi connectivity index (χ1v) is 5.55. The van der Waals surface area contributed by atoms with Crippen LogP contribution in [0.2, 0.25) is 0 Å². The van der Waals surface area contributed by atoms with Crippen LogP contribution < -0.4 is 16.4 Å². The van der Waals surface area contributed by atoms with Crippen molar-refractivity contribution < 1.29 is 19.5 Å². The molecule has 1 heterocycles. The lowest BCUT2D eigenvalue weighted by Gasteiger charge is -2.04. The molecular formula is C10H15N5O4. The van der Waals surface area contributed by atoms with Gasteiger partial charge in [0.1, 0.15) is 6.54 Å². The van der Waals surface area contributed by atoms with E-state index in [-0.39, 0.29) is 13.0 Å². The third-order valence-electron chi connectivity index (χ3n) is 2.07. The average molecular weight is 269 g/mol. The Balaban J connectivity index is 2.30. The van der Waals surface area contributed by atoms with E-state index in [4.69, 9.17) is 10.8 Å². The van der Waals surface area contributed by atoms with Crippen LogP contribution in [0.25, 0.3) is 0 Å². The molecule has 104 valence electrons. The Morgan fingerprint density at radius 1 is 1.42 bits per heavy atom. The summed E-state index contributed by atoms with van der Waals surface area (Å²) in [6.07, 6.45) is 3.40. The lowest BCUT2D eigenvalue weighted by atomic mass is 10.3. The van der Waals surface area contributed by atoms with Crippen molar-refractivity contribution in [1.82, 2.24) is 15.1 Å². The molecule has 0 aliphatic carbocycles. The number of rotatable bonds is 7. The molecule has 5 N–H and O–H groups in total. The monoisotopic (exact) mass is 269 g/mol. The van der Waals surface area contributed by atoms with E-state index in [0.29, 0.717) is 18.7 Å². The van der Waals surface area contributed by atoms with Gasteiger partial charge in [0.25, 0.3) is 0 Å². The van der Waals surface area contributed by atoms with Gasteiger partial charge in [0, 0.05) is 19.2 Å². The molecule has 0 unspecified atom stereocenters. The van der Waals surface area contributed by atoms with Crippen LogP contribution in [0.4, 0.5) is 10.5 Å². The SMILES string of the molecule is NC(=O)CCCNC(=O)Nc1cnn(CC(=O)O)c1. The van der Waals surface area contributed by atoms with Crippen LogP contribution in [0.15, 0.2) is 12.4 Å². The van der Waals surface area contributed by atoms with Gasteiger partial charge < -0.3 is 21.5 Å².